The van der Waals surface area contributed by atoms with Gasteiger partial charge in [-0.2, -0.15) is 0 Å². The van der Waals surface area contributed by atoms with E-state index in [1.54, 1.807) is 0 Å². The Bertz CT molecular complexity index is 500. The van der Waals surface area contributed by atoms with Gasteiger partial charge in [0.2, 0.25) is 5.95 Å². The molecule has 1 N–H and O–H groups in total. The van der Waals surface area contributed by atoms with E-state index in [2.05, 4.69) is 25.3 Å². The predicted molar refractivity (Wildman–Crippen MR) is 58.6 cm³/mol. The van der Waals surface area contributed by atoms with Gasteiger partial charge in [0.15, 0.2) is 5.75 Å². The summed E-state index contributed by atoms with van der Waals surface area (Å²) in [6.07, 6.45) is 7.20. The standard InChI is InChI=1S/C10H9N5O2/c1-17-7-4-13-10(14-5-7)15-9(16)8-6-11-2-3-12-8/h2-6H,1H3,(H,13,14,15,16). The fraction of sp³-hybridized carbons (Fsp3) is 0.100. The molecule has 2 heterocycles. The second-order valence-electron chi connectivity index (χ2n) is 2.99. The van der Waals surface area contributed by atoms with E-state index in [-0.39, 0.29) is 11.6 Å². The summed E-state index contributed by atoms with van der Waals surface area (Å²) in [7, 11) is 1.51. The van der Waals surface area contributed by atoms with Crippen LogP contribution in [0.4, 0.5) is 5.95 Å². The molecule has 2 aromatic heterocycles. The molecule has 1 amide bonds. The third-order valence-corrected chi connectivity index (χ3v) is 1.88. The van der Waals surface area contributed by atoms with E-state index in [9.17, 15) is 4.79 Å². The topological polar surface area (TPSA) is 89.9 Å². The molecule has 86 valence electrons. The molecule has 0 spiro atoms. The minimum Gasteiger partial charge on any atom is -0.494 e. The molecule has 0 aliphatic rings. The van der Waals surface area contributed by atoms with Crippen LogP contribution < -0.4 is 10.1 Å². The van der Waals surface area contributed by atoms with Crippen molar-refractivity contribution in [3.05, 3.63) is 36.7 Å². The van der Waals surface area contributed by atoms with Gasteiger partial charge in [-0.15, -0.1) is 0 Å². The molecule has 0 radical (unpaired) electrons. The van der Waals surface area contributed by atoms with Crippen LogP contribution in [0.3, 0.4) is 0 Å². The number of nitrogens with zero attached hydrogens (tertiary/aromatic N) is 4. The number of aromatic nitrogens is 4. The zero-order chi connectivity index (χ0) is 12.1. The molecule has 2 rings (SSSR count). The third kappa shape index (κ3) is 2.71. The van der Waals surface area contributed by atoms with Crippen LogP contribution in [0.2, 0.25) is 0 Å². The molecule has 0 bridgehead atoms. The second kappa shape index (κ2) is 4.97. The van der Waals surface area contributed by atoms with E-state index in [1.165, 1.54) is 38.1 Å². The highest BCUT2D eigenvalue weighted by Crippen LogP contribution is 2.07. The van der Waals surface area contributed by atoms with Crippen LogP contribution in [0, 0.1) is 0 Å². The minimum absolute atomic E-state index is 0.182. The summed E-state index contributed by atoms with van der Waals surface area (Å²) in [5.41, 5.74) is 0.201. The molecule has 0 atom stereocenters. The average Bonchev–Trinajstić information content (AvgIpc) is 2.40. The van der Waals surface area contributed by atoms with Gasteiger partial charge in [0.05, 0.1) is 25.7 Å². The molecule has 0 saturated carbocycles. The average molecular weight is 231 g/mol. The van der Waals surface area contributed by atoms with Crippen molar-refractivity contribution in [3.63, 3.8) is 0 Å². The van der Waals surface area contributed by atoms with Crippen molar-refractivity contribution in [1.82, 2.24) is 19.9 Å². The number of hydrogen-bond donors (Lipinski definition) is 1. The molecular weight excluding hydrogens is 222 g/mol. The van der Waals surface area contributed by atoms with Crippen LogP contribution >= 0.6 is 0 Å². The molecule has 0 saturated heterocycles. The molecule has 2 aromatic rings. The van der Waals surface area contributed by atoms with Gasteiger partial charge in [-0.05, 0) is 0 Å². The first-order valence-corrected chi connectivity index (χ1v) is 4.73. The summed E-state index contributed by atoms with van der Waals surface area (Å²) in [6.45, 7) is 0. The Morgan fingerprint density at radius 2 is 1.94 bits per heavy atom. The first-order chi connectivity index (χ1) is 8.29. The van der Waals surface area contributed by atoms with Gasteiger partial charge in [-0.1, -0.05) is 0 Å². The van der Waals surface area contributed by atoms with E-state index in [0.29, 0.717) is 5.75 Å². The SMILES string of the molecule is COc1cnc(NC(=O)c2cnccn2)nc1. The monoisotopic (exact) mass is 231 g/mol. The van der Waals surface area contributed by atoms with Crippen LogP contribution in [0.5, 0.6) is 5.75 Å². The van der Waals surface area contributed by atoms with Crippen LogP contribution in [0.25, 0.3) is 0 Å². The lowest BCUT2D eigenvalue weighted by atomic mass is 10.4. The van der Waals surface area contributed by atoms with Gasteiger partial charge in [0, 0.05) is 12.4 Å². The quantitative estimate of drug-likeness (QED) is 0.828. The number of rotatable bonds is 3. The number of ether oxygens (including phenoxy) is 1. The van der Waals surface area contributed by atoms with E-state index >= 15 is 0 Å². The molecule has 7 heteroatoms. The Balaban J connectivity index is 2.08. The lowest BCUT2D eigenvalue weighted by Gasteiger charge is -2.03. The van der Waals surface area contributed by atoms with Gasteiger partial charge >= 0.3 is 0 Å². The summed E-state index contributed by atoms with van der Waals surface area (Å²) in [5, 5.41) is 2.49. The number of amides is 1. The smallest absolute Gasteiger partial charge is 0.278 e. The molecule has 0 aliphatic heterocycles. The first kappa shape index (κ1) is 10.9. The Hall–Kier alpha value is -2.57. The maximum atomic E-state index is 11.6. The second-order valence-corrected chi connectivity index (χ2v) is 2.99. The molecule has 7 nitrogen and oxygen atoms in total. The van der Waals surface area contributed by atoms with Crippen molar-refractivity contribution in [2.45, 2.75) is 0 Å². The molecule has 0 fully saturated rings. The van der Waals surface area contributed by atoms with Crippen molar-refractivity contribution in [2.75, 3.05) is 12.4 Å². The number of methoxy groups -OCH3 is 1. The van der Waals surface area contributed by atoms with E-state index in [0.717, 1.165) is 0 Å². The van der Waals surface area contributed by atoms with Crippen LogP contribution in [-0.4, -0.2) is 33.0 Å². The highest BCUT2D eigenvalue weighted by Gasteiger charge is 2.08. The molecule has 0 unspecified atom stereocenters. The summed E-state index contributed by atoms with van der Waals surface area (Å²) >= 11 is 0. The Morgan fingerprint density at radius 1 is 1.18 bits per heavy atom. The van der Waals surface area contributed by atoms with Crippen molar-refractivity contribution >= 4 is 11.9 Å². The summed E-state index contributed by atoms with van der Waals surface area (Å²) in [6, 6.07) is 0. The van der Waals surface area contributed by atoms with Gasteiger partial charge < -0.3 is 4.74 Å². The number of carbonyl (C=O) groups excluding carboxylic acids is 1. The third-order valence-electron chi connectivity index (χ3n) is 1.88. The fourth-order valence-corrected chi connectivity index (χ4v) is 1.07. The Kier molecular flexibility index (Phi) is 3.20. The minimum atomic E-state index is -0.414. The maximum Gasteiger partial charge on any atom is 0.278 e. The maximum absolute atomic E-state index is 11.6. The van der Waals surface area contributed by atoms with Crippen LogP contribution in [-0.2, 0) is 0 Å². The first-order valence-electron chi connectivity index (χ1n) is 4.73. The van der Waals surface area contributed by atoms with Crippen molar-refractivity contribution in [1.29, 1.82) is 0 Å². The molecular formula is C10H9N5O2. The van der Waals surface area contributed by atoms with Gasteiger partial charge in [-0.3, -0.25) is 15.1 Å². The normalized spacial score (nSPS) is 9.71. The highest BCUT2D eigenvalue weighted by molar-refractivity contribution is 6.01. The molecule has 0 aromatic carbocycles. The van der Waals surface area contributed by atoms with Gasteiger partial charge in [-0.25, -0.2) is 15.0 Å². The highest BCUT2D eigenvalue weighted by atomic mass is 16.5. The zero-order valence-electron chi connectivity index (χ0n) is 8.99. The number of nitrogens with one attached hydrogen (secondary N) is 1. The van der Waals surface area contributed by atoms with Crippen molar-refractivity contribution in [3.8, 4) is 5.75 Å². The molecule has 0 aliphatic carbocycles. The summed E-state index contributed by atoms with van der Waals surface area (Å²) < 4.78 is 4.90. The lowest BCUT2D eigenvalue weighted by Crippen LogP contribution is -2.15. The Morgan fingerprint density at radius 3 is 2.53 bits per heavy atom. The van der Waals surface area contributed by atoms with E-state index in [4.69, 9.17) is 4.74 Å². The van der Waals surface area contributed by atoms with Gasteiger partial charge in [0.1, 0.15) is 5.69 Å². The summed E-state index contributed by atoms with van der Waals surface area (Å²) in [4.78, 5) is 27.1. The van der Waals surface area contributed by atoms with Crippen molar-refractivity contribution in [2.24, 2.45) is 0 Å². The van der Waals surface area contributed by atoms with Crippen LogP contribution in [0.1, 0.15) is 10.5 Å². The zero-order valence-corrected chi connectivity index (χ0v) is 8.99. The van der Waals surface area contributed by atoms with Gasteiger partial charge in [0.25, 0.3) is 5.91 Å². The Labute approximate surface area is 96.9 Å². The predicted octanol–water partition coefficient (Wildman–Crippen LogP) is 0.527. The number of carbonyl (C=O) groups is 1. The molecule has 17 heavy (non-hydrogen) atoms. The largest absolute Gasteiger partial charge is 0.494 e. The van der Waals surface area contributed by atoms with Crippen molar-refractivity contribution < 1.29 is 9.53 Å². The fourth-order valence-electron chi connectivity index (χ4n) is 1.07. The number of hydrogen-bond acceptors (Lipinski definition) is 6. The van der Waals surface area contributed by atoms with E-state index < -0.39 is 5.91 Å². The number of anilines is 1. The van der Waals surface area contributed by atoms with Crippen LogP contribution in [0.15, 0.2) is 31.0 Å². The lowest BCUT2D eigenvalue weighted by molar-refractivity contribution is 0.102. The summed E-state index contributed by atoms with van der Waals surface area (Å²) in [5.74, 6) is 0.284. The van der Waals surface area contributed by atoms with E-state index in [1.807, 2.05) is 0 Å².